The maximum Gasteiger partial charge on any atom is 0.245 e. The summed E-state index contributed by atoms with van der Waals surface area (Å²) in [5, 5.41) is 6.43. The molecule has 0 bridgehead atoms. The second-order valence-electron chi connectivity index (χ2n) is 3.17. The van der Waals surface area contributed by atoms with Crippen LogP contribution in [0.5, 0.6) is 0 Å². The quantitative estimate of drug-likeness (QED) is 0.700. The first kappa shape index (κ1) is 9.63. The molecule has 1 aromatic rings. The lowest BCUT2D eigenvalue weighted by Crippen LogP contribution is -2.35. The van der Waals surface area contributed by atoms with Crippen LogP contribution in [0, 0.1) is 0 Å². The summed E-state index contributed by atoms with van der Waals surface area (Å²) in [7, 11) is -3.45. The topological polar surface area (TPSA) is 84.2 Å². The molecule has 0 radical (unpaired) electrons. The van der Waals surface area contributed by atoms with E-state index in [1.165, 1.54) is 6.20 Å². The van der Waals surface area contributed by atoms with Gasteiger partial charge in [-0.05, 0) is 13.0 Å². The van der Waals surface area contributed by atoms with Gasteiger partial charge in [-0.1, -0.05) is 5.16 Å². The van der Waals surface area contributed by atoms with Crippen LogP contribution in [0.15, 0.2) is 21.9 Å². The Bertz CT molecular complexity index is 380. The molecule has 0 spiro atoms. The molecule has 0 aliphatic carbocycles. The van der Waals surface area contributed by atoms with E-state index in [4.69, 9.17) is 0 Å². The Kier molecular flexibility index (Phi) is 2.53. The molecule has 14 heavy (non-hydrogen) atoms. The van der Waals surface area contributed by atoms with Crippen molar-refractivity contribution in [2.75, 3.05) is 13.1 Å². The second-order valence-corrected chi connectivity index (χ2v) is 4.89. The summed E-state index contributed by atoms with van der Waals surface area (Å²) in [5.74, 6) is 0. The standard InChI is InChI=1S/C7H11N3O3S/c11-14(12,7-4-9-13-5-7)10-6-1-2-8-3-6/h4-6,8,10H,1-3H2. The molecule has 0 saturated carbocycles. The molecule has 1 aliphatic heterocycles. The van der Waals surface area contributed by atoms with Crippen molar-refractivity contribution in [3.05, 3.63) is 12.5 Å². The fourth-order valence-electron chi connectivity index (χ4n) is 1.37. The zero-order valence-electron chi connectivity index (χ0n) is 7.43. The molecule has 1 fully saturated rings. The van der Waals surface area contributed by atoms with Crippen molar-refractivity contribution < 1.29 is 12.9 Å². The van der Waals surface area contributed by atoms with Crippen molar-refractivity contribution in [2.45, 2.75) is 17.4 Å². The van der Waals surface area contributed by atoms with Gasteiger partial charge >= 0.3 is 0 Å². The van der Waals surface area contributed by atoms with E-state index in [1.807, 2.05) is 0 Å². The summed E-state index contributed by atoms with van der Waals surface area (Å²) in [5.41, 5.74) is 0. The number of sulfonamides is 1. The van der Waals surface area contributed by atoms with Gasteiger partial charge in [0.1, 0.15) is 11.2 Å². The normalized spacial score (nSPS) is 22.7. The molecular weight excluding hydrogens is 206 g/mol. The minimum absolute atomic E-state index is 0.0325. The monoisotopic (exact) mass is 217 g/mol. The highest BCUT2D eigenvalue weighted by Gasteiger charge is 2.23. The van der Waals surface area contributed by atoms with E-state index in [9.17, 15) is 8.42 Å². The lowest BCUT2D eigenvalue weighted by Gasteiger charge is -2.09. The molecule has 0 amide bonds. The minimum atomic E-state index is -3.45. The van der Waals surface area contributed by atoms with Crippen LogP contribution in [-0.4, -0.2) is 32.7 Å². The highest BCUT2D eigenvalue weighted by molar-refractivity contribution is 7.89. The predicted molar refractivity (Wildman–Crippen MR) is 48.1 cm³/mol. The number of hydrogen-bond donors (Lipinski definition) is 2. The van der Waals surface area contributed by atoms with Crippen LogP contribution in [0.25, 0.3) is 0 Å². The molecule has 1 saturated heterocycles. The Morgan fingerprint density at radius 3 is 3.07 bits per heavy atom. The van der Waals surface area contributed by atoms with Crippen LogP contribution in [0.4, 0.5) is 0 Å². The molecule has 1 aromatic heterocycles. The maximum absolute atomic E-state index is 11.6. The van der Waals surface area contributed by atoms with E-state index in [0.717, 1.165) is 19.2 Å². The van der Waals surface area contributed by atoms with E-state index in [-0.39, 0.29) is 10.9 Å². The van der Waals surface area contributed by atoms with E-state index in [2.05, 4.69) is 19.7 Å². The molecule has 2 heterocycles. The molecule has 78 valence electrons. The largest absolute Gasteiger partial charge is 0.363 e. The van der Waals surface area contributed by atoms with Gasteiger partial charge in [0, 0.05) is 12.6 Å². The molecule has 2 rings (SSSR count). The van der Waals surface area contributed by atoms with Crippen molar-refractivity contribution in [3.8, 4) is 0 Å². The van der Waals surface area contributed by atoms with Crippen LogP contribution >= 0.6 is 0 Å². The molecule has 0 aromatic carbocycles. The van der Waals surface area contributed by atoms with E-state index >= 15 is 0 Å². The molecule has 1 unspecified atom stereocenters. The first-order valence-electron chi connectivity index (χ1n) is 4.31. The van der Waals surface area contributed by atoms with Gasteiger partial charge < -0.3 is 9.84 Å². The molecular formula is C7H11N3O3S. The lowest BCUT2D eigenvalue weighted by molar-refractivity contribution is 0.417. The van der Waals surface area contributed by atoms with Crippen LogP contribution in [0.3, 0.4) is 0 Å². The van der Waals surface area contributed by atoms with Crippen LogP contribution in [0.2, 0.25) is 0 Å². The van der Waals surface area contributed by atoms with Gasteiger partial charge in [-0.3, -0.25) is 0 Å². The SMILES string of the molecule is O=S(=O)(NC1CCNC1)c1cnoc1. The molecule has 6 nitrogen and oxygen atoms in total. The summed E-state index contributed by atoms with van der Waals surface area (Å²) in [4.78, 5) is 0.0735. The third-order valence-electron chi connectivity index (χ3n) is 2.10. The Morgan fingerprint density at radius 1 is 1.64 bits per heavy atom. The Hall–Kier alpha value is -0.920. The van der Waals surface area contributed by atoms with E-state index in [1.54, 1.807) is 0 Å². The third kappa shape index (κ3) is 1.94. The second kappa shape index (κ2) is 3.68. The van der Waals surface area contributed by atoms with Gasteiger partial charge in [-0.25, -0.2) is 13.1 Å². The van der Waals surface area contributed by atoms with Gasteiger partial charge in [-0.2, -0.15) is 0 Å². The van der Waals surface area contributed by atoms with Gasteiger partial charge in [0.05, 0.1) is 6.20 Å². The van der Waals surface area contributed by atoms with Crippen molar-refractivity contribution >= 4 is 10.0 Å². The zero-order chi connectivity index (χ0) is 10.0. The van der Waals surface area contributed by atoms with Crippen LogP contribution < -0.4 is 10.0 Å². The highest BCUT2D eigenvalue weighted by atomic mass is 32.2. The van der Waals surface area contributed by atoms with E-state index < -0.39 is 10.0 Å². The Balaban J connectivity index is 2.09. The van der Waals surface area contributed by atoms with Crippen LogP contribution in [-0.2, 0) is 10.0 Å². The first-order valence-corrected chi connectivity index (χ1v) is 5.79. The van der Waals surface area contributed by atoms with Gasteiger partial charge in [0.15, 0.2) is 0 Å². The maximum atomic E-state index is 11.6. The minimum Gasteiger partial charge on any atom is -0.363 e. The number of rotatable bonds is 3. The third-order valence-corrected chi connectivity index (χ3v) is 3.57. The number of nitrogens with one attached hydrogen (secondary N) is 2. The summed E-state index contributed by atoms with van der Waals surface area (Å²) < 4.78 is 30.3. The van der Waals surface area contributed by atoms with Crippen molar-refractivity contribution in [2.24, 2.45) is 0 Å². The zero-order valence-corrected chi connectivity index (χ0v) is 8.25. The number of hydrogen-bond acceptors (Lipinski definition) is 5. The first-order chi connectivity index (χ1) is 6.68. The van der Waals surface area contributed by atoms with Gasteiger partial charge in [0.2, 0.25) is 10.0 Å². The Labute approximate surface area is 81.7 Å². The average molecular weight is 217 g/mol. The van der Waals surface area contributed by atoms with Crippen molar-refractivity contribution in [1.82, 2.24) is 15.2 Å². The molecule has 1 aliphatic rings. The summed E-state index contributed by atoms with van der Waals surface area (Å²) in [6, 6.07) is -0.0325. The smallest absolute Gasteiger partial charge is 0.245 e. The highest BCUT2D eigenvalue weighted by Crippen LogP contribution is 2.09. The van der Waals surface area contributed by atoms with Crippen molar-refractivity contribution in [3.63, 3.8) is 0 Å². The van der Waals surface area contributed by atoms with Gasteiger partial charge in [0.25, 0.3) is 0 Å². The number of aromatic nitrogens is 1. The molecule has 1 atom stereocenters. The fourth-order valence-corrected chi connectivity index (χ4v) is 2.50. The summed E-state index contributed by atoms with van der Waals surface area (Å²) in [6.45, 7) is 1.52. The summed E-state index contributed by atoms with van der Waals surface area (Å²) in [6.07, 6.45) is 3.11. The lowest BCUT2D eigenvalue weighted by atomic mass is 10.3. The number of nitrogens with zero attached hydrogens (tertiary/aromatic N) is 1. The van der Waals surface area contributed by atoms with Crippen LogP contribution in [0.1, 0.15) is 6.42 Å². The van der Waals surface area contributed by atoms with Crippen molar-refractivity contribution in [1.29, 1.82) is 0 Å². The van der Waals surface area contributed by atoms with Gasteiger partial charge in [-0.15, -0.1) is 0 Å². The Morgan fingerprint density at radius 2 is 2.50 bits per heavy atom. The fraction of sp³-hybridized carbons (Fsp3) is 0.571. The molecule has 2 N–H and O–H groups in total. The predicted octanol–water partition coefficient (Wildman–Crippen LogP) is -0.685. The van der Waals surface area contributed by atoms with E-state index in [0.29, 0.717) is 6.54 Å². The summed E-state index contributed by atoms with van der Waals surface area (Å²) >= 11 is 0. The average Bonchev–Trinajstić information content (AvgIpc) is 2.71. The molecule has 7 heteroatoms.